The molecule has 0 aliphatic rings. The zero-order chi connectivity index (χ0) is 10.9. The van der Waals surface area contributed by atoms with Gasteiger partial charge in [-0.25, -0.2) is 0 Å². The SMILES string of the molecule is CCNCCCc1cnn(CCC#N)c1. The molecule has 15 heavy (non-hydrogen) atoms. The highest BCUT2D eigenvalue weighted by Gasteiger charge is 1.97. The molecule has 0 atom stereocenters. The second-order valence-corrected chi connectivity index (χ2v) is 3.48. The first kappa shape index (κ1) is 11.7. The van der Waals surface area contributed by atoms with Crippen molar-refractivity contribution in [3.63, 3.8) is 0 Å². The largest absolute Gasteiger partial charge is 0.317 e. The van der Waals surface area contributed by atoms with E-state index in [-0.39, 0.29) is 0 Å². The highest BCUT2D eigenvalue weighted by Crippen LogP contribution is 2.01. The van der Waals surface area contributed by atoms with E-state index in [1.807, 2.05) is 17.1 Å². The van der Waals surface area contributed by atoms with Crippen molar-refractivity contribution in [3.8, 4) is 6.07 Å². The first-order valence-corrected chi connectivity index (χ1v) is 5.45. The van der Waals surface area contributed by atoms with E-state index in [2.05, 4.69) is 23.4 Å². The van der Waals surface area contributed by atoms with Crippen LogP contribution in [0.3, 0.4) is 0 Å². The average molecular weight is 206 g/mol. The molecule has 0 bridgehead atoms. The van der Waals surface area contributed by atoms with Gasteiger partial charge in [0.05, 0.1) is 25.2 Å². The molecule has 1 rings (SSSR count). The summed E-state index contributed by atoms with van der Waals surface area (Å²) in [6.07, 6.45) is 6.64. The Hall–Kier alpha value is -1.34. The number of aryl methyl sites for hydroxylation is 2. The molecule has 0 aliphatic carbocycles. The predicted octanol–water partition coefficient (Wildman–Crippen LogP) is 1.34. The van der Waals surface area contributed by atoms with Crippen molar-refractivity contribution in [1.29, 1.82) is 5.26 Å². The van der Waals surface area contributed by atoms with Gasteiger partial charge in [0.15, 0.2) is 0 Å². The minimum absolute atomic E-state index is 0.526. The summed E-state index contributed by atoms with van der Waals surface area (Å²) in [5, 5.41) is 15.9. The predicted molar refractivity (Wildman–Crippen MR) is 59.3 cm³/mol. The molecule has 4 heteroatoms. The number of nitriles is 1. The van der Waals surface area contributed by atoms with Crippen molar-refractivity contribution in [1.82, 2.24) is 15.1 Å². The quantitative estimate of drug-likeness (QED) is 0.685. The van der Waals surface area contributed by atoms with Crippen molar-refractivity contribution >= 4 is 0 Å². The second kappa shape index (κ2) is 7.02. The van der Waals surface area contributed by atoms with Crippen LogP contribution < -0.4 is 5.32 Å². The highest BCUT2D eigenvalue weighted by atomic mass is 15.3. The third-order valence-corrected chi connectivity index (χ3v) is 2.21. The zero-order valence-corrected chi connectivity index (χ0v) is 9.24. The normalized spacial score (nSPS) is 10.1. The van der Waals surface area contributed by atoms with Gasteiger partial charge in [-0.2, -0.15) is 10.4 Å². The van der Waals surface area contributed by atoms with Crippen LogP contribution in [0.25, 0.3) is 0 Å². The van der Waals surface area contributed by atoms with Crippen molar-refractivity contribution in [2.45, 2.75) is 32.7 Å². The summed E-state index contributed by atoms with van der Waals surface area (Å²) in [4.78, 5) is 0. The fourth-order valence-electron chi connectivity index (χ4n) is 1.42. The van der Waals surface area contributed by atoms with Gasteiger partial charge in [0, 0.05) is 6.20 Å². The smallest absolute Gasteiger partial charge is 0.0641 e. The van der Waals surface area contributed by atoms with Gasteiger partial charge >= 0.3 is 0 Å². The molecule has 0 aromatic carbocycles. The third kappa shape index (κ3) is 4.61. The first-order chi connectivity index (χ1) is 7.36. The monoisotopic (exact) mass is 206 g/mol. The number of rotatable bonds is 7. The van der Waals surface area contributed by atoms with Crippen LogP contribution in [0, 0.1) is 11.3 Å². The van der Waals surface area contributed by atoms with Crippen molar-refractivity contribution in [2.75, 3.05) is 13.1 Å². The van der Waals surface area contributed by atoms with Crippen molar-refractivity contribution < 1.29 is 0 Å². The Morgan fingerprint density at radius 2 is 2.47 bits per heavy atom. The summed E-state index contributed by atoms with van der Waals surface area (Å²) in [5.74, 6) is 0. The van der Waals surface area contributed by atoms with Crippen LogP contribution in [-0.4, -0.2) is 22.9 Å². The Morgan fingerprint density at radius 1 is 1.60 bits per heavy atom. The Morgan fingerprint density at radius 3 is 3.20 bits per heavy atom. The van der Waals surface area contributed by atoms with E-state index < -0.39 is 0 Å². The van der Waals surface area contributed by atoms with E-state index in [1.54, 1.807) is 0 Å². The minimum atomic E-state index is 0.526. The molecular weight excluding hydrogens is 188 g/mol. The summed E-state index contributed by atoms with van der Waals surface area (Å²) in [7, 11) is 0. The molecule has 0 spiro atoms. The lowest BCUT2D eigenvalue weighted by atomic mass is 10.2. The maximum absolute atomic E-state index is 8.44. The Balaban J connectivity index is 2.24. The number of nitrogens with zero attached hydrogens (tertiary/aromatic N) is 3. The molecular formula is C11H18N4. The van der Waals surface area contributed by atoms with Gasteiger partial charge in [-0.3, -0.25) is 4.68 Å². The number of hydrogen-bond acceptors (Lipinski definition) is 3. The van der Waals surface area contributed by atoms with Crippen LogP contribution >= 0.6 is 0 Å². The van der Waals surface area contributed by atoms with E-state index in [4.69, 9.17) is 5.26 Å². The van der Waals surface area contributed by atoms with E-state index in [0.717, 1.165) is 25.9 Å². The first-order valence-electron chi connectivity index (χ1n) is 5.45. The van der Waals surface area contributed by atoms with Crippen molar-refractivity contribution in [2.24, 2.45) is 0 Å². The molecule has 0 unspecified atom stereocenters. The lowest BCUT2D eigenvalue weighted by molar-refractivity contribution is 0.626. The summed E-state index contributed by atoms with van der Waals surface area (Å²) in [5.41, 5.74) is 1.26. The maximum Gasteiger partial charge on any atom is 0.0641 e. The molecule has 0 aliphatic heterocycles. The summed E-state index contributed by atoms with van der Waals surface area (Å²) < 4.78 is 1.84. The average Bonchev–Trinajstić information content (AvgIpc) is 2.69. The second-order valence-electron chi connectivity index (χ2n) is 3.48. The van der Waals surface area contributed by atoms with Crippen LogP contribution in [0.1, 0.15) is 25.3 Å². The molecule has 1 aromatic heterocycles. The Bertz CT molecular complexity index is 311. The molecule has 82 valence electrons. The van der Waals surface area contributed by atoms with Gasteiger partial charge in [0.2, 0.25) is 0 Å². The van der Waals surface area contributed by atoms with Gasteiger partial charge in [-0.05, 0) is 31.5 Å². The van der Waals surface area contributed by atoms with Gasteiger partial charge in [0.25, 0.3) is 0 Å². The van der Waals surface area contributed by atoms with E-state index in [1.165, 1.54) is 5.56 Å². The lowest BCUT2D eigenvalue weighted by Crippen LogP contribution is -2.14. The van der Waals surface area contributed by atoms with E-state index >= 15 is 0 Å². The summed E-state index contributed by atoms with van der Waals surface area (Å²) in [6, 6.07) is 2.11. The van der Waals surface area contributed by atoms with Crippen LogP contribution in [0.2, 0.25) is 0 Å². The molecule has 4 nitrogen and oxygen atoms in total. The molecule has 0 saturated heterocycles. The minimum Gasteiger partial charge on any atom is -0.317 e. The number of hydrogen-bond donors (Lipinski definition) is 1. The molecule has 0 amide bonds. The standard InChI is InChI=1S/C11H18N4/c1-2-13-7-3-5-11-9-14-15(10-11)8-4-6-12/h9-10,13H,2-5,7-8H2,1H3. The number of aromatic nitrogens is 2. The van der Waals surface area contributed by atoms with Gasteiger partial charge in [-0.15, -0.1) is 0 Å². The Labute approximate surface area is 90.9 Å². The van der Waals surface area contributed by atoms with Gasteiger partial charge in [0.1, 0.15) is 0 Å². The lowest BCUT2D eigenvalue weighted by Gasteiger charge is -1.99. The molecule has 0 radical (unpaired) electrons. The fraction of sp³-hybridized carbons (Fsp3) is 0.636. The highest BCUT2D eigenvalue weighted by molar-refractivity contribution is 5.03. The maximum atomic E-state index is 8.44. The Kier molecular flexibility index (Phi) is 5.49. The van der Waals surface area contributed by atoms with Crippen LogP contribution in [0.15, 0.2) is 12.4 Å². The van der Waals surface area contributed by atoms with E-state index in [9.17, 15) is 0 Å². The molecule has 0 fully saturated rings. The summed E-state index contributed by atoms with van der Waals surface area (Å²) in [6.45, 7) is 4.89. The zero-order valence-electron chi connectivity index (χ0n) is 9.24. The van der Waals surface area contributed by atoms with Gasteiger partial charge < -0.3 is 5.32 Å². The molecule has 1 aromatic rings. The topological polar surface area (TPSA) is 53.6 Å². The fourth-order valence-corrected chi connectivity index (χ4v) is 1.42. The number of nitrogens with one attached hydrogen (secondary N) is 1. The van der Waals surface area contributed by atoms with Crippen LogP contribution in [0.5, 0.6) is 0 Å². The molecule has 0 saturated carbocycles. The van der Waals surface area contributed by atoms with E-state index in [0.29, 0.717) is 13.0 Å². The van der Waals surface area contributed by atoms with Crippen LogP contribution in [-0.2, 0) is 13.0 Å². The third-order valence-electron chi connectivity index (χ3n) is 2.21. The molecule has 1 heterocycles. The van der Waals surface area contributed by atoms with Gasteiger partial charge in [-0.1, -0.05) is 6.92 Å². The summed E-state index contributed by atoms with van der Waals surface area (Å²) >= 11 is 0. The van der Waals surface area contributed by atoms with Crippen molar-refractivity contribution in [3.05, 3.63) is 18.0 Å². The molecule has 1 N–H and O–H groups in total. The van der Waals surface area contributed by atoms with Crippen LogP contribution in [0.4, 0.5) is 0 Å².